The number of amidine groups is 1. The van der Waals surface area contributed by atoms with E-state index in [9.17, 15) is 14.3 Å². The molecule has 0 aliphatic carbocycles. The van der Waals surface area contributed by atoms with E-state index in [4.69, 9.17) is 38.2 Å². The zero-order chi connectivity index (χ0) is 45.5. The molecule has 0 bridgehead atoms. The number of para-hydroxylation sites is 2. The van der Waals surface area contributed by atoms with Crippen molar-refractivity contribution in [3.63, 3.8) is 0 Å². The largest absolute Gasteiger partial charge is 0.566 e. The first-order valence-electron chi connectivity index (χ1n) is 20.6. The molecule has 332 valence electrons. The van der Waals surface area contributed by atoms with Gasteiger partial charge >= 0.3 is 20.4 Å². The number of aliphatic imine (C=N–C) groups is 1. The van der Waals surface area contributed by atoms with Gasteiger partial charge in [-0.3, -0.25) is 4.57 Å². The zero-order valence-electron chi connectivity index (χ0n) is 36.3. The van der Waals surface area contributed by atoms with Crippen LogP contribution in [0.3, 0.4) is 0 Å². The summed E-state index contributed by atoms with van der Waals surface area (Å²) in [5, 5.41) is 0. The van der Waals surface area contributed by atoms with E-state index in [0.29, 0.717) is 28.7 Å². The van der Waals surface area contributed by atoms with Gasteiger partial charge in [0, 0.05) is 20.5 Å². The molecule has 8 rings (SSSR count). The van der Waals surface area contributed by atoms with Gasteiger partial charge in [0.05, 0.1) is 38.5 Å². The first kappa shape index (κ1) is 44.5. The zero-order valence-corrected chi connectivity index (χ0v) is 37.1. The molecule has 0 radical (unpaired) electrons. The number of aromatic nitrogens is 4. The van der Waals surface area contributed by atoms with Crippen LogP contribution in [0, 0.1) is 0 Å². The van der Waals surface area contributed by atoms with Crippen molar-refractivity contribution in [2.45, 2.75) is 37.4 Å². The molecule has 17 heteroatoms. The number of rotatable bonds is 15. The smallest absolute Gasteiger partial charge is 0.488 e. The number of carbonyl (C=O) groups is 1. The van der Waals surface area contributed by atoms with Crippen LogP contribution in [0.2, 0.25) is 0 Å². The fourth-order valence-electron chi connectivity index (χ4n) is 7.63. The lowest BCUT2D eigenvalue weighted by Crippen LogP contribution is -2.38. The Kier molecular flexibility index (Phi) is 13.5. The molecule has 1 fully saturated rings. The Balaban J connectivity index is 1.17. The van der Waals surface area contributed by atoms with E-state index in [2.05, 4.69) is 9.97 Å². The molecule has 5 aromatic carbocycles. The van der Waals surface area contributed by atoms with Gasteiger partial charge in [-0.15, -0.1) is 4.52 Å². The fourth-order valence-corrected chi connectivity index (χ4v) is 8.07. The van der Waals surface area contributed by atoms with E-state index in [1.807, 2.05) is 129 Å². The van der Waals surface area contributed by atoms with Gasteiger partial charge in [0.15, 0.2) is 17.0 Å². The Morgan fingerprint density at radius 3 is 1.88 bits per heavy atom. The lowest BCUT2D eigenvalue weighted by Gasteiger charge is -2.37. The van der Waals surface area contributed by atoms with Crippen LogP contribution in [-0.4, -0.2) is 83.5 Å². The molecule has 1 aliphatic rings. The molecular weight excluding hydrogens is 850 g/mol. The maximum atomic E-state index is 14.1. The highest BCUT2D eigenvalue weighted by atomic mass is 31.1. The minimum absolute atomic E-state index is 0.0520. The average molecular weight is 896 g/mol. The molecule has 0 spiro atoms. The summed E-state index contributed by atoms with van der Waals surface area (Å²) in [5.74, 6) is 2.04. The number of methoxy groups -OCH3 is 2. The van der Waals surface area contributed by atoms with E-state index in [1.165, 1.54) is 11.2 Å². The number of nitrogens with zero attached hydrogens (tertiary/aromatic N) is 7. The number of benzene rings is 5. The topological polar surface area (TPSA) is 175 Å². The van der Waals surface area contributed by atoms with Crippen LogP contribution < -0.4 is 24.0 Å². The highest BCUT2D eigenvalue weighted by Crippen LogP contribution is 2.44. The molecule has 7 aromatic rings. The van der Waals surface area contributed by atoms with Crippen molar-refractivity contribution in [2.24, 2.45) is 4.99 Å². The molecule has 16 nitrogen and oxygen atoms in total. The minimum Gasteiger partial charge on any atom is -0.566 e. The Hall–Kier alpha value is -7.07. The van der Waals surface area contributed by atoms with E-state index in [0.717, 1.165) is 16.7 Å². The van der Waals surface area contributed by atoms with Crippen molar-refractivity contribution in [3.05, 3.63) is 163 Å². The van der Waals surface area contributed by atoms with Crippen molar-refractivity contribution in [1.29, 1.82) is 0 Å². The number of hydrogen-bond donors (Lipinski definition) is 0. The predicted molar refractivity (Wildman–Crippen MR) is 242 cm³/mol. The molecule has 1 aliphatic heterocycles. The van der Waals surface area contributed by atoms with Crippen LogP contribution in [0.1, 0.15) is 36.3 Å². The number of fused-ring (bicyclic) bond motifs is 1. The lowest BCUT2D eigenvalue weighted by molar-refractivity contribution is -0.192. The standard InChI is InChI=1S/C48H46N7O9P/c1-32(53(2)3)50-44-43-45(52-46(51-44)63-47(56)55(36-17-11-7-12-18-36)37-19-13-8-14-20-37)54(31-49-43)42-29-40(64-65(57)58)41(62-42)30-61-48(33-15-9-6-10-16-33,34-21-25-38(59-4)26-22-34)35-23-27-39(60-5)28-24-35/h6-28,31,40-42H,29-30H2,1-5H3/t40-,41+,42+/m0/s1. The van der Waals surface area contributed by atoms with Crippen LogP contribution >= 0.6 is 8.25 Å². The molecule has 65 heavy (non-hydrogen) atoms. The highest BCUT2D eigenvalue weighted by Gasteiger charge is 2.45. The van der Waals surface area contributed by atoms with E-state index < -0.39 is 38.4 Å². The summed E-state index contributed by atoms with van der Waals surface area (Å²) in [4.78, 5) is 48.2. The second-order valence-corrected chi connectivity index (χ2v) is 15.8. The van der Waals surface area contributed by atoms with E-state index >= 15 is 0 Å². The number of ether oxygens (including phenoxy) is 5. The van der Waals surface area contributed by atoms with Gasteiger partial charge in [-0.2, -0.15) is 9.97 Å². The van der Waals surface area contributed by atoms with Gasteiger partial charge in [-0.05, 0) is 76.7 Å². The van der Waals surface area contributed by atoms with Crippen molar-refractivity contribution in [2.75, 3.05) is 39.8 Å². The third-order valence-electron chi connectivity index (χ3n) is 11.0. The fraction of sp³-hybridized carbons (Fsp3) is 0.229. The summed E-state index contributed by atoms with van der Waals surface area (Å²) in [7, 11) is 3.55. The Bertz CT molecular complexity index is 2670. The number of imidazole rings is 1. The normalized spacial score (nSPS) is 16.6. The molecular formula is C48H46N7O9P. The number of hydrogen-bond acceptors (Lipinski definition) is 13. The molecule has 1 amide bonds. The summed E-state index contributed by atoms with van der Waals surface area (Å²) in [6.07, 6.45) is -2.02. The quantitative estimate of drug-likeness (QED) is 0.0415. The second kappa shape index (κ2) is 19.8. The lowest BCUT2D eigenvalue weighted by atomic mass is 9.80. The third kappa shape index (κ3) is 9.58. The SMILES string of the molecule is COc1ccc(C(OC[C@H]2O[C@@H](n3cnc4c(N=C(C)N(C)C)nc(OC(=O)N(c5ccccc5)c5ccccc5)nc43)C[C@@H]2O[P+](=O)[O-])(c2ccccc2)c2ccc(OC)cc2)cc1. The first-order valence-corrected chi connectivity index (χ1v) is 21.7. The number of amides is 1. The van der Waals surface area contributed by atoms with Gasteiger partial charge in [0.25, 0.3) is 0 Å². The molecule has 0 N–H and O–H groups in total. The van der Waals surface area contributed by atoms with Gasteiger partial charge in [-0.25, -0.2) is 19.7 Å². The van der Waals surface area contributed by atoms with Crippen molar-refractivity contribution in [1.82, 2.24) is 24.4 Å². The van der Waals surface area contributed by atoms with Crippen LogP contribution in [0.15, 0.2) is 151 Å². The number of anilines is 2. The Labute approximate surface area is 376 Å². The molecule has 1 unspecified atom stereocenters. The van der Waals surface area contributed by atoms with Gasteiger partial charge in [-0.1, -0.05) is 91.0 Å². The predicted octanol–water partition coefficient (Wildman–Crippen LogP) is 8.49. The Morgan fingerprint density at radius 2 is 1.35 bits per heavy atom. The van der Waals surface area contributed by atoms with E-state index in [1.54, 1.807) is 54.9 Å². The summed E-state index contributed by atoms with van der Waals surface area (Å²) >= 11 is 0. The highest BCUT2D eigenvalue weighted by molar-refractivity contribution is 7.30. The number of carbonyl (C=O) groups excluding carboxylic acids is 1. The van der Waals surface area contributed by atoms with Crippen LogP contribution in [0.4, 0.5) is 22.0 Å². The van der Waals surface area contributed by atoms with Crippen molar-refractivity contribution < 1.29 is 42.5 Å². The van der Waals surface area contributed by atoms with Crippen LogP contribution in [0.25, 0.3) is 11.2 Å². The molecule has 3 heterocycles. The molecule has 0 saturated carbocycles. The average Bonchev–Trinajstić information content (AvgIpc) is 3.94. The summed E-state index contributed by atoms with van der Waals surface area (Å²) in [6.45, 7) is 1.67. The maximum absolute atomic E-state index is 14.1. The molecule has 2 aromatic heterocycles. The van der Waals surface area contributed by atoms with E-state index in [-0.39, 0.29) is 36.0 Å². The van der Waals surface area contributed by atoms with Gasteiger partial charge in [0.2, 0.25) is 0 Å². The molecule has 1 saturated heterocycles. The van der Waals surface area contributed by atoms with Crippen LogP contribution in [-0.2, 0) is 24.2 Å². The minimum atomic E-state index is -3.31. The monoisotopic (exact) mass is 895 g/mol. The van der Waals surface area contributed by atoms with Crippen LogP contribution in [0.5, 0.6) is 17.5 Å². The summed E-state index contributed by atoms with van der Waals surface area (Å²) in [6, 6.07) is 42.6. The second-order valence-electron chi connectivity index (χ2n) is 15.1. The van der Waals surface area contributed by atoms with Gasteiger partial charge < -0.3 is 33.5 Å². The first-order chi connectivity index (χ1) is 31.6. The van der Waals surface area contributed by atoms with Crippen molar-refractivity contribution in [3.8, 4) is 17.5 Å². The maximum Gasteiger partial charge on any atom is 0.488 e. The van der Waals surface area contributed by atoms with Crippen molar-refractivity contribution >= 4 is 48.5 Å². The summed E-state index contributed by atoms with van der Waals surface area (Å²) < 4.78 is 50.2. The van der Waals surface area contributed by atoms with Gasteiger partial charge in [0.1, 0.15) is 41.4 Å². The molecule has 4 atom stereocenters. The summed E-state index contributed by atoms with van der Waals surface area (Å²) in [5.41, 5.74) is 2.73. The third-order valence-corrected chi connectivity index (χ3v) is 11.5. The Morgan fingerprint density at radius 1 is 0.815 bits per heavy atom.